The molecule has 0 spiro atoms. The number of hydrogen-bond acceptors (Lipinski definition) is 2. The average Bonchev–Trinajstić information content (AvgIpc) is 3.13. The van der Waals surface area contributed by atoms with Crippen molar-refractivity contribution < 1.29 is 4.39 Å². The molecule has 5 heteroatoms. The van der Waals surface area contributed by atoms with Gasteiger partial charge < -0.3 is 4.57 Å². The van der Waals surface area contributed by atoms with E-state index in [4.69, 9.17) is 0 Å². The molecule has 23 heavy (non-hydrogen) atoms. The first-order valence-corrected chi connectivity index (χ1v) is 7.37. The molecule has 0 saturated heterocycles. The Bertz CT molecular complexity index is 1010. The molecule has 2 heterocycles. The van der Waals surface area contributed by atoms with E-state index in [0.29, 0.717) is 11.5 Å². The van der Waals surface area contributed by atoms with Crippen molar-refractivity contribution in [1.29, 1.82) is 0 Å². The molecule has 0 amide bonds. The second kappa shape index (κ2) is 5.05. The highest BCUT2D eigenvalue weighted by Gasteiger charge is 2.16. The maximum Gasteiger partial charge on any atom is 0.147 e. The van der Waals surface area contributed by atoms with Crippen LogP contribution in [0.1, 0.15) is 5.82 Å². The van der Waals surface area contributed by atoms with Crippen molar-refractivity contribution in [2.75, 3.05) is 0 Å². The van der Waals surface area contributed by atoms with Crippen molar-refractivity contribution in [2.45, 2.75) is 6.92 Å². The Morgan fingerprint density at radius 3 is 2.70 bits per heavy atom. The van der Waals surface area contributed by atoms with Crippen molar-refractivity contribution in [1.82, 2.24) is 19.1 Å². The molecule has 4 rings (SSSR count). The SMILES string of the molecule is Cc1nc2cccc(-c3nccn3-c3ccccc3F)c2n1C. The highest BCUT2D eigenvalue weighted by Crippen LogP contribution is 2.29. The van der Waals surface area contributed by atoms with E-state index in [-0.39, 0.29) is 5.82 Å². The Kier molecular flexibility index (Phi) is 3.01. The first-order valence-electron chi connectivity index (χ1n) is 7.37. The van der Waals surface area contributed by atoms with Crippen molar-refractivity contribution >= 4 is 11.0 Å². The van der Waals surface area contributed by atoms with Gasteiger partial charge in [-0.2, -0.15) is 0 Å². The molecule has 0 aliphatic carbocycles. The summed E-state index contributed by atoms with van der Waals surface area (Å²) in [6, 6.07) is 12.6. The molecular weight excluding hydrogens is 291 g/mol. The topological polar surface area (TPSA) is 35.6 Å². The predicted octanol–water partition coefficient (Wildman–Crippen LogP) is 3.87. The molecule has 0 N–H and O–H groups in total. The fourth-order valence-corrected chi connectivity index (χ4v) is 2.91. The Morgan fingerprint density at radius 1 is 1.04 bits per heavy atom. The third-order valence-electron chi connectivity index (χ3n) is 4.11. The quantitative estimate of drug-likeness (QED) is 0.563. The highest BCUT2D eigenvalue weighted by molar-refractivity contribution is 5.91. The Morgan fingerprint density at radius 2 is 1.87 bits per heavy atom. The molecule has 0 aliphatic heterocycles. The molecule has 0 aliphatic rings. The fraction of sp³-hybridized carbons (Fsp3) is 0.111. The minimum Gasteiger partial charge on any atom is -0.331 e. The van der Waals surface area contributed by atoms with Crippen LogP contribution in [0.2, 0.25) is 0 Å². The number of rotatable bonds is 2. The van der Waals surface area contributed by atoms with Crippen LogP contribution >= 0.6 is 0 Å². The van der Waals surface area contributed by atoms with Gasteiger partial charge in [-0.1, -0.05) is 18.2 Å². The zero-order valence-corrected chi connectivity index (χ0v) is 12.9. The van der Waals surface area contributed by atoms with Crippen molar-refractivity contribution in [2.24, 2.45) is 7.05 Å². The number of imidazole rings is 2. The summed E-state index contributed by atoms with van der Waals surface area (Å²) in [5, 5.41) is 0. The molecule has 0 bridgehead atoms. The van der Waals surface area contributed by atoms with Gasteiger partial charge in [-0.15, -0.1) is 0 Å². The maximum atomic E-state index is 14.2. The van der Waals surface area contributed by atoms with Gasteiger partial charge in [-0.25, -0.2) is 14.4 Å². The number of fused-ring (bicyclic) bond motifs is 1. The van der Waals surface area contributed by atoms with Crippen molar-refractivity contribution in [3.8, 4) is 17.1 Å². The van der Waals surface area contributed by atoms with E-state index >= 15 is 0 Å². The van der Waals surface area contributed by atoms with Gasteiger partial charge in [0.15, 0.2) is 0 Å². The number of aromatic nitrogens is 4. The van der Waals surface area contributed by atoms with Gasteiger partial charge in [0.05, 0.1) is 16.7 Å². The summed E-state index contributed by atoms with van der Waals surface area (Å²) < 4.78 is 18.0. The second-order valence-electron chi connectivity index (χ2n) is 5.46. The predicted molar refractivity (Wildman–Crippen MR) is 88.0 cm³/mol. The van der Waals surface area contributed by atoms with Crippen LogP contribution in [0.5, 0.6) is 0 Å². The number of nitrogens with zero attached hydrogens (tertiary/aromatic N) is 4. The Balaban J connectivity index is 2.01. The molecule has 2 aromatic heterocycles. The summed E-state index contributed by atoms with van der Waals surface area (Å²) in [6.07, 6.45) is 3.46. The molecule has 4 nitrogen and oxygen atoms in total. The van der Waals surface area contributed by atoms with E-state index in [1.165, 1.54) is 6.07 Å². The summed E-state index contributed by atoms with van der Waals surface area (Å²) in [7, 11) is 1.98. The number of benzene rings is 2. The lowest BCUT2D eigenvalue weighted by atomic mass is 10.1. The van der Waals surface area contributed by atoms with Gasteiger partial charge in [-0.3, -0.25) is 4.57 Å². The van der Waals surface area contributed by atoms with Gasteiger partial charge in [-0.05, 0) is 31.2 Å². The van der Waals surface area contributed by atoms with Crippen molar-refractivity contribution in [3.05, 3.63) is 66.5 Å². The zero-order chi connectivity index (χ0) is 16.0. The van der Waals surface area contributed by atoms with E-state index in [9.17, 15) is 4.39 Å². The summed E-state index contributed by atoms with van der Waals surface area (Å²) in [5.41, 5.74) is 3.31. The van der Waals surface area contributed by atoms with E-state index in [0.717, 1.165) is 22.4 Å². The lowest BCUT2D eigenvalue weighted by Crippen LogP contribution is -2.01. The van der Waals surface area contributed by atoms with E-state index < -0.39 is 0 Å². The normalized spacial score (nSPS) is 11.3. The van der Waals surface area contributed by atoms with Crippen LogP contribution < -0.4 is 0 Å². The largest absolute Gasteiger partial charge is 0.331 e. The molecule has 4 aromatic rings. The average molecular weight is 306 g/mol. The summed E-state index contributed by atoms with van der Waals surface area (Å²) in [4.78, 5) is 9.01. The third-order valence-corrected chi connectivity index (χ3v) is 4.11. The molecule has 0 atom stereocenters. The van der Waals surface area contributed by atoms with Crippen LogP contribution in [0.15, 0.2) is 54.9 Å². The highest BCUT2D eigenvalue weighted by atomic mass is 19.1. The van der Waals surface area contributed by atoms with Crippen LogP contribution in [-0.4, -0.2) is 19.1 Å². The van der Waals surface area contributed by atoms with Gasteiger partial charge >= 0.3 is 0 Å². The fourth-order valence-electron chi connectivity index (χ4n) is 2.91. The second-order valence-corrected chi connectivity index (χ2v) is 5.46. The first kappa shape index (κ1) is 13.7. The van der Waals surface area contributed by atoms with Crippen LogP contribution in [-0.2, 0) is 7.05 Å². The van der Waals surface area contributed by atoms with E-state index in [1.54, 1.807) is 29.1 Å². The van der Waals surface area contributed by atoms with Crippen LogP contribution in [0.25, 0.3) is 28.1 Å². The Labute approximate surface area is 132 Å². The van der Waals surface area contributed by atoms with Crippen LogP contribution in [0.3, 0.4) is 0 Å². The zero-order valence-electron chi connectivity index (χ0n) is 12.9. The minimum absolute atomic E-state index is 0.278. The molecule has 0 unspecified atom stereocenters. The smallest absolute Gasteiger partial charge is 0.147 e. The number of halogens is 1. The van der Waals surface area contributed by atoms with Gasteiger partial charge in [0, 0.05) is 25.0 Å². The lowest BCUT2D eigenvalue weighted by molar-refractivity contribution is 0.618. The van der Waals surface area contributed by atoms with Gasteiger partial charge in [0.1, 0.15) is 17.5 Å². The summed E-state index contributed by atoms with van der Waals surface area (Å²) in [6.45, 7) is 1.97. The van der Waals surface area contributed by atoms with E-state index in [2.05, 4.69) is 9.97 Å². The van der Waals surface area contributed by atoms with Crippen LogP contribution in [0, 0.1) is 12.7 Å². The Hall–Kier alpha value is -2.95. The van der Waals surface area contributed by atoms with Gasteiger partial charge in [0.25, 0.3) is 0 Å². The van der Waals surface area contributed by atoms with Crippen LogP contribution in [0.4, 0.5) is 4.39 Å². The standard InChI is InChI=1S/C18H15FN4/c1-12-21-15-8-5-6-13(17(15)22(12)2)18-20-10-11-23(18)16-9-4-3-7-14(16)19/h3-11H,1-2H3. The molecule has 0 fully saturated rings. The monoisotopic (exact) mass is 306 g/mol. The number of aryl methyl sites for hydroxylation is 2. The summed E-state index contributed by atoms with van der Waals surface area (Å²) >= 11 is 0. The lowest BCUT2D eigenvalue weighted by Gasteiger charge is -2.10. The van der Waals surface area contributed by atoms with E-state index in [1.807, 2.05) is 42.8 Å². The molecule has 0 saturated carbocycles. The number of para-hydroxylation sites is 2. The molecular formula is C18H15FN4. The molecule has 114 valence electrons. The molecule has 0 radical (unpaired) electrons. The first-order chi connectivity index (χ1) is 11.2. The summed E-state index contributed by atoms with van der Waals surface area (Å²) in [5.74, 6) is 1.35. The number of hydrogen-bond donors (Lipinski definition) is 0. The molecule has 2 aromatic carbocycles. The van der Waals surface area contributed by atoms with Crippen molar-refractivity contribution in [3.63, 3.8) is 0 Å². The maximum absolute atomic E-state index is 14.2. The third kappa shape index (κ3) is 2.04. The minimum atomic E-state index is -0.278. The van der Waals surface area contributed by atoms with Gasteiger partial charge in [0.2, 0.25) is 0 Å².